The first-order chi connectivity index (χ1) is 9.16. The summed E-state index contributed by atoms with van der Waals surface area (Å²) in [4.78, 5) is 22.5. The summed E-state index contributed by atoms with van der Waals surface area (Å²) in [5, 5.41) is 14.4. The molecule has 7 heteroatoms. The Morgan fingerprint density at radius 3 is 2.79 bits per heavy atom. The SMILES string of the molecule is O=C(N/N=C/c1ccc([N+](=O)[O-])s1)C1CCCCC1. The van der Waals surface area contributed by atoms with Crippen LogP contribution in [0.1, 0.15) is 37.0 Å². The van der Waals surface area contributed by atoms with Crippen LogP contribution in [-0.4, -0.2) is 17.0 Å². The molecule has 1 aliphatic rings. The summed E-state index contributed by atoms with van der Waals surface area (Å²) in [6.45, 7) is 0. The fraction of sp³-hybridized carbons (Fsp3) is 0.500. The molecule has 19 heavy (non-hydrogen) atoms. The average molecular weight is 281 g/mol. The smallest absolute Gasteiger partial charge is 0.273 e. The van der Waals surface area contributed by atoms with E-state index in [0.717, 1.165) is 37.0 Å². The predicted molar refractivity (Wildman–Crippen MR) is 73.3 cm³/mol. The van der Waals surface area contributed by atoms with Gasteiger partial charge in [0.15, 0.2) is 0 Å². The summed E-state index contributed by atoms with van der Waals surface area (Å²) in [5.41, 5.74) is 2.51. The Hall–Kier alpha value is -1.76. The van der Waals surface area contributed by atoms with Gasteiger partial charge < -0.3 is 0 Å². The molecule has 0 aromatic carbocycles. The number of hydrogen-bond donors (Lipinski definition) is 1. The number of carbonyl (C=O) groups is 1. The highest BCUT2D eigenvalue weighted by Gasteiger charge is 2.20. The first-order valence-corrected chi connectivity index (χ1v) is 7.05. The van der Waals surface area contributed by atoms with Crippen molar-refractivity contribution in [1.82, 2.24) is 5.43 Å². The van der Waals surface area contributed by atoms with Crippen molar-refractivity contribution in [2.45, 2.75) is 32.1 Å². The fourth-order valence-corrected chi connectivity index (χ4v) is 2.82. The molecule has 1 saturated carbocycles. The Labute approximate surface area is 114 Å². The highest BCUT2D eigenvalue weighted by atomic mass is 32.1. The number of amides is 1. The zero-order valence-corrected chi connectivity index (χ0v) is 11.2. The van der Waals surface area contributed by atoms with Crippen LogP contribution in [0.2, 0.25) is 0 Å². The van der Waals surface area contributed by atoms with E-state index in [9.17, 15) is 14.9 Å². The molecule has 0 aliphatic heterocycles. The van der Waals surface area contributed by atoms with Gasteiger partial charge in [0.2, 0.25) is 5.91 Å². The van der Waals surface area contributed by atoms with E-state index in [4.69, 9.17) is 0 Å². The van der Waals surface area contributed by atoms with Crippen molar-refractivity contribution in [1.29, 1.82) is 0 Å². The fourth-order valence-electron chi connectivity index (χ4n) is 2.13. The molecule has 1 aromatic heterocycles. The van der Waals surface area contributed by atoms with Gasteiger partial charge in [-0.15, -0.1) is 0 Å². The number of hydrazone groups is 1. The predicted octanol–water partition coefficient (Wildman–Crippen LogP) is 2.69. The standard InChI is InChI=1S/C12H15N3O3S/c16-12(9-4-2-1-3-5-9)14-13-8-10-6-7-11(19-10)15(17)18/h6-9H,1-5H2,(H,14,16)/b13-8+. The quantitative estimate of drug-likeness (QED) is 0.523. The lowest BCUT2D eigenvalue weighted by atomic mass is 9.89. The Morgan fingerprint density at radius 1 is 1.42 bits per heavy atom. The van der Waals surface area contributed by atoms with E-state index in [1.807, 2.05) is 0 Å². The van der Waals surface area contributed by atoms with Crippen molar-refractivity contribution >= 4 is 28.5 Å². The van der Waals surface area contributed by atoms with Crippen LogP contribution in [0.3, 0.4) is 0 Å². The molecule has 1 aliphatic carbocycles. The Balaban J connectivity index is 1.84. The number of hydrogen-bond acceptors (Lipinski definition) is 5. The number of nitrogens with one attached hydrogen (secondary N) is 1. The van der Waals surface area contributed by atoms with Crippen LogP contribution in [0.4, 0.5) is 5.00 Å². The third kappa shape index (κ3) is 3.85. The molecule has 1 N–H and O–H groups in total. The largest absolute Gasteiger partial charge is 0.324 e. The molecule has 102 valence electrons. The topological polar surface area (TPSA) is 84.6 Å². The maximum absolute atomic E-state index is 11.8. The summed E-state index contributed by atoms with van der Waals surface area (Å²) in [5.74, 6) is 0.00516. The lowest BCUT2D eigenvalue weighted by molar-refractivity contribution is -0.380. The molecule has 1 amide bonds. The molecule has 0 atom stereocenters. The lowest BCUT2D eigenvalue weighted by Crippen LogP contribution is -2.28. The zero-order valence-electron chi connectivity index (χ0n) is 10.4. The van der Waals surface area contributed by atoms with Gasteiger partial charge in [-0.25, -0.2) is 5.43 Å². The Bertz CT molecular complexity index is 492. The first kappa shape index (κ1) is 13.7. The Morgan fingerprint density at radius 2 is 2.16 bits per heavy atom. The second kappa shape index (κ2) is 6.42. The third-order valence-corrected chi connectivity index (χ3v) is 4.11. The molecule has 6 nitrogen and oxygen atoms in total. The molecule has 0 saturated heterocycles. The third-order valence-electron chi connectivity index (χ3n) is 3.14. The van der Waals surface area contributed by atoms with E-state index in [0.29, 0.717) is 4.88 Å². The van der Waals surface area contributed by atoms with E-state index < -0.39 is 4.92 Å². The van der Waals surface area contributed by atoms with Crippen molar-refractivity contribution in [3.05, 3.63) is 27.1 Å². The molecule has 1 aromatic rings. The van der Waals surface area contributed by atoms with Crippen LogP contribution >= 0.6 is 11.3 Å². The van der Waals surface area contributed by atoms with Crippen LogP contribution in [0.5, 0.6) is 0 Å². The molecular formula is C12H15N3O3S. The van der Waals surface area contributed by atoms with Gasteiger partial charge in [-0.2, -0.15) is 5.10 Å². The second-order valence-electron chi connectivity index (χ2n) is 4.50. The molecular weight excluding hydrogens is 266 g/mol. The van der Waals surface area contributed by atoms with E-state index in [2.05, 4.69) is 10.5 Å². The minimum atomic E-state index is -0.442. The van der Waals surface area contributed by atoms with Gasteiger partial charge in [0.25, 0.3) is 0 Å². The maximum Gasteiger partial charge on any atom is 0.324 e. The highest BCUT2D eigenvalue weighted by Crippen LogP contribution is 2.24. The monoisotopic (exact) mass is 281 g/mol. The van der Waals surface area contributed by atoms with Crippen LogP contribution < -0.4 is 5.43 Å². The van der Waals surface area contributed by atoms with Crippen LogP contribution in [0, 0.1) is 16.0 Å². The molecule has 0 bridgehead atoms. The molecule has 0 spiro atoms. The van der Waals surface area contributed by atoms with Gasteiger partial charge >= 0.3 is 5.00 Å². The number of rotatable bonds is 4. The summed E-state index contributed by atoms with van der Waals surface area (Å²) in [6, 6.07) is 3.04. The molecule has 0 unspecified atom stereocenters. The molecule has 1 heterocycles. The van der Waals surface area contributed by atoms with Gasteiger partial charge in [-0.1, -0.05) is 30.6 Å². The van der Waals surface area contributed by atoms with E-state index >= 15 is 0 Å². The van der Waals surface area contributed by atoms with Crippen LogP contribution in [0.15, 0.2) is 17.2 Å². The van der Waals surface area contributed by atoms with Crippen LogP contribution in [-0.2, 0) is 4.79 Å². The van der Waals surface area contributed by atoms with E-state index in [1.54, 1.807) is 6.07 Å². The van der Waals surface area contributed by atoms with Gasteiger partial charge in [-0.3, -0.25) is 14.9 Å². The molecule has 1 fully saturated rings. The van der Waals surface area contributed by atoms with Crippen molar-refractivity contribution in [3.8, 4) is 0 Å². The van der Waals surface area contributed by atoms with Gasteiger partial charge in [-0.05, 0) is 18.9 Å². The van der Waals surface area contributed by atoms with Gasteiger partial charge in [0.05, 0.1) is 16.0 Å². The van der Waals surface area contributed by atoms with E-state index in [-0.39, 0.29) is 16.8 Å². The normalized spacial score (nSPS) is 16.6. The number of nitrogens with zero attached hydrogens (tertiary/aromatic N) is 2. The minimum Gasteiger partial charge on any atom is -0.273 e. The van der Waals surface area contributed by atoms with Crippen LogP contribution in [0.25, 0.3) is 0 Å². The number of nitro groups is 1. The van der Waals surface area contributed by atoms with Crippen molar-refractivity contribution < 1.29 is 9.72 Å². The molecule has 2 rings (SSSR count). The summed E-state index contributed by atoms with van der Waals surface area (Å²) in [6.07, 6.45) is 6.68. The summed E-state index contributed by atoms with van der Waals surface area (Å²) in [7, 11) is 0. The number of thiophene rings is 1. The first-order valence-electron chi connectivity index (χ1n) is 6.24. The van der Waals surface area contributed by atoms with Crippen molar-refractivity contribution in [3.63, 3.8) is 0 Å². The highest BCUT2D eigenvalue weighted by molar-refractivity contribution is 7.16. The Kier molecular flexibility index (Phi) is 4.62. The summed E-state index contributed by atoms with van der Waals surface area (Å²) < 4.78 is 0. The second-order valence-corrected chi connectivity index (χ2v) is 5.60. The van der Waals surface area contributed by atoms with Gasteiger partial charge in [0.1, 0.15) is 0 Å². The average Bonchev–Trinajstić information content (AvgIpc) is 2.89. The van der Waals surface area contributed by atoms with Gasteiger partial charge in [0, 0.05) is 12.0 Å². The van der Waals surface area contributed by atoms with Crippen molar-refractivity contribution in [2.24, 2.45) is 11.0 Å². The maximum atomic E-state index is 11.8. The molecule has 0 radical (unpaired) electrons. The zero-order chi connectivity index (χ0) is 13.7. The minimum absolute atomic E-state index is 0.0537. The van der Waals surface area contributed by atoms with Crippen molar-refractivity contribution in [2.75, 3.05) is 0 Å². The summed E-state index contributed by atoms with van der Waals surface area (Å²) >= 11 is 1.03. The number of carbonyl (C=O) groups excluding carboxylic acids is 1. The lowest BCUT2D eigenvalue weighted by Gasteiger charge is -2.19. The van der Waals surface area contributed by atoms with E-state index in [1.165, 1.54) is 18.7 Å².